The Bertz CT molecular complexity index is 1260. The molecule has 0 aliphatic rings. The average molecular weight is 477 g/mol. The van der Waals surface area contributed by atoms with E-state index in [1.165, 1.54) is 11.1 Å². The third-order valence-corrected chi connectivity index (χ3v) is 5.80. The molecule has 0 saturated carbocycles. The van der Waals surface area contributed by atoms with Crippen LogP contribution in [0.4, 0.5) is 0 Å². The molecule has 0 fully saturated rings. The van der Waals surface area contributed by atoms with Crippen LogP contribution in [0.2, 0.25) is 0 Å². The highest BCUT2D eigenvalue weighted by molar-refractivity contribution is 6.35. The Balaban J connectivity index is 1.57. The molecule has 0 bridgehead atoms. The van der Waals surface area contributed by atoms with Crippen molar-refractivity contribution in [2.75, 3.05) is 20.8 Å². The summed E-state index contributed by atoms with van der Waals surface area (Å²) in [5.41, 5.74) is 9.61. The molecule has 1 heterocycles. The van der Waals surface area contributed by atoms with Crippen LogP contribution in [0.5, 0.6) is 11.5 Å². The number of hydrazone groups is 1. The van der Waals surface area contributed by atoms with Crippen LogP contribution in [0.1, 0.15) is 33.6 Å². The number of carbonyl (C=O) groups excluding carboxylic acids is 2. The summed E-state index contributed by atoms with van der Waals surface area (Å²) in [4.78, 5) is 24.3. The highest BCUT2D eigenvalue weighted by Gasteiger charge is 2.14. The maximum Gasteiger partial charge on any atom is 0.329 e. The van der Waals surface area contributed by atoms with Crippen molar-refractivity contribution in [1.82, 2.24) is 15.3 Å². The molecule has 8 nitrogen and oxygen atoms in total. The van der Waals surface area contributed by atoms with Gasteiger partial charge in [0.1, 0.15) is 0 Å². The summed E-state index contributed by atoms with van der Waals surface area (Å²) in [5.74, 6) is -0.326. The summed E-state index contributed by atoms with van der Waals surface area (Å²) in [6.07, 6.45) is 2.09. The lowest BCUT2D eigenvalue weighted by Gasteiger charge is -2.13. The van der Waals surface area contributed by atoms with E-state index in [0.717, 1.165) is 28.2 Å². The van der Waals surface area contributed by atoms with Crippen molar-refractivity contribution in [1.29, 1.82) is 0 Å². The second-order valence-electron chi connectivity index (χ2n) is 8.35. The molecule has 3 aromatic rings. The van der Waals surface area contributed by atoms with Crippen molar-refractivity contribution in [2.45, 2.75) is 34.1 Å². The quantitative estimate of drug-likeness (QED) is 0.295. The zero-order valence-electron chi connectivity index (χ0n) is 21.1. The predicted octanol–water partition coefficient (Wildman–Crippen LogP) is 3.54. The van der Waals surface area contributed by atoms with Gasteiger partial charge in [0, 0.05) is 29.2 Å². The molecule has 0 unspecified atom stereocenters. The zero-order valence-corrected chi connectivity index (χ0v) is 21.1. The van der Waals surface area contributed by atoms with Crippen LogP contribution in [-0.2, 0) is 16.0 Å². The number of ether oxygens (including phenoxy) is 2. The van der Waals surface area contributed by atoms with Gasteiger partial charge in [-0.05, 0) is 75.1 Å². The van der Waals surface area contributed by atoms with Crippen molar-refractivity contribution >= 4 is 18.0 Å². The number of methoxy groups -OCH3 is 2. The van der Waals surface area contributed by atoms with Crippen LogP contribution >= 0.6 is 0 Å². The highest BCUT2D eigenvalue weighted by Crippen LogP contribution is 2.27. The topological polar surface area (TPSA) is 94.0 Å². The molecular weight excluding hydrogens is 444 g/mol. The smallest absolute Gasteiger partial charge is 0.329 e. The molecule has 2 N–H and O–H groups in total. The Morgan fingerprint density at radius 2 is 1.69 bits per heavy atom. The zero-order chi connectivity index (χ0) is 25.5. The van der Waals surface area contributed by atoms with Crippen molar-refractivity contribution in [2.24, 2.45) is 5.10 Å². The van der Waals surface area contributed by atoms with E-state index in [-0.39, 0.29) is 0 Å². The molecule has 3 rings (SSSR count). The first-order chi connectivity index (χ1) is 16.7. The van der Waals surface area contributed by atoms with Crippen LogP contribution in [-0.4, -0.2) is 43.4 Å². The third kappa shape index (κ3) is 6.09. The molecule has 1 aromatic heterocycles. The number of carbonyl (C=O) groups is 2. The van der Waals surface area contributed by atoms with Crippen LogP contribution in [0, 0.1) is 27.7 Å². The highest BCUT2D eigenvalue weighted by atomic mass is 16.5. The van der Waals surface area contributed by atoms with Crippen LogP contribution in [0.15, 0.2) is 47.6 Å². The van der Waals surface area contributed by atoms with Gasteiger partial charge in [-0.3, -0.25) is 9.59 Å². The van der Waals surface area contributed by atoms with Gasteiger partial charge in [0.2, 0.25) is 0 Å². The second-order valence-corrected chi connectivity index (χ2v) is 8.35. The molecule has 0 atom stereocenters. The van der Waals surface area contributed by atoms with Crippen molar-refractivity contribution in [3.63, 3.8) is 0 Å². The van der Waals surface area contributed by atoms with E-state index in [2.05, 4.69) is 52.5 Å². The van der Waals surface area contributed by atoms with Gasteiger partial charge in [0.15, 0.2) is 11.5 Å². The number of hydrogen-bond donors (Lipinski definition) is 2. The Hall–Kier alpha value is -4.07. The fraction of sp³-hybridized carbons (Fsp3) is 0.296. The van der Waals surface area contributed by atoms with Gasteiger partial charge in [-0.2, -0.15) is 5.10 Å². The van der Waals surface area contributed by atoms with Gasteiger partial charge in [-0.25, -0.2) is 5.43 Å². The predicted molar refractivity (Wildman–Crippen MR) is 137 cm³/mol. The van der Waals surface area contributed by atoms with E-state index in [4.69, 9.17) is 9.47 Å². The molecule has 184 valence electrons. The number of nitrogens with zero attached hydrogens (tertiary/aromatic N) is 2. The van der Waals surface area contributed by atoms with Gasteiger partial charge in [0.05, 0.1) is 20.4 Å². The maximum atomic E-state index is 12.1. The SMILES string of the molecule is COc1ccc(CCNC(=O)C(=O)N/N=C\c2cc(C)n(-c3cc(C)ccc3C)c2C)cc1OC. The van der Waals surface area contributed by atoms with Crippen LogP contribution in [0.25, 0.3) is 5.69 Å². The normalized spacial score (nSPS) is 10.9. The molecule has 2 aromatic carbocycles. The number of nitrogens with one attached hydrogen (secondary N) is 2. The number of aromatic nitrogens is 1. The summed E-state index contributed by atoms with van der Waals surface area (Å²) < 4.78 is 12.7. The molecule has 0 aliphatic carbocycles. The summed E-state index contributed by atoms with van der Waals surface area (Å²) in [6, 6.07) is 13.8. The minimum Gasteiger partial charge on any atom is -0.493 e. The van der Waals surface area contributed by atoms with Crippen LogP contribution in [0.3, 0.4) is 0 Å². The summed E-state index contributed by atoms with van der Waals surface area (Å²) >= 11 is 0. The number of amides is 2. The first kappa shape index (κ1) is 25.6. The Kier molecular flexibility index (Phi) is 8.30. The Morgan fingerprint density at radius 3 is 2.40 bits per heavy atom. The monoisotopic (exact) mass is 476 g/mol. The lowest BCUT2D eigenvalue weighted by Crippen LogP contribution is -2.38. The molecule has 35 heavy (non-hydrogen) atoms. The van der Waals surface area contributed by atoms with Gasteiger partial charge < -0.3 is 19.4 Å². The number of rotatable bonds is 8. The number of hydrogen-bond acceptors (Lipinski definition) is 5. The lowest BCUT2D eigenvalue weighted by atomic mass is 10.1. The largest absolute Gasteiger partial charge is 0.493 e. The molecule has 0 saturated heterocycles. The van der Waals surface area contributed by atoms with E-state index < -0.39 is 11.8 Å². The van der Waals surface area contributed by atoms with E-state index >= 15 is 0 Å². The van der Waals surface area contributed by atoms with E-state index in [0.29, 0.717) is 24.5 Å². The minimum atomic E-state index is -0.822. The molecule has 8 heteroatoms. The molecule has 0 spiro atoms. The van der Waals surface area contributed by atoms with Crippen LogP contribution < -0.4 is 20.2 Å². The Morgan fingerprint density at radius 1 is 0.943 bits per heavy atom. The Labute approximate surface area is 205 Å². The van der Waals surface area contributed by atoms with E-state index in [1.807, 2.05) is 32.0 Å². The lowest BCUT2D eigenvalue weighted by molar-refractivity contribution is -0.139. The first-order valence-corrected chi connectivity index (χ1v) is 11.3. The molecular formula is C27H32N4O4. The van der Waals surface area contributed by atoms with E-state index in [9.17, 15) is 9.59 Å². The molecule has 0 aliphatic heterocycles. The fourth-order valence-corrected chi connectivity index (χ4v) is 3.90. The summed E-state index contributed by atoms with van der Waals surface area (Å²) in [7, 11) is 3.14. The summed E-state index contributed by atoms with van der Waals surface area (Å²) in [5, 5.41) is 6.59. The van der Waals surface area contributed by atoms with Crippen molar-refractivity contribution in [3.05, 3.63) is 76.1 Å². The standard InChI is InChI=1S/C27H32N4O4/c1-17-7-8-18(2)23(13-17)31-19(3)14-22(20(31)4)16-29-30-27(33)26(32)28-12-11-21-9-10-24(34-5)25(15-21)35-6/h7-10,13-16H,11-12H2,1-6H3,(H,28,32)(H,30,33)/b29-16-. The molecule has 2 amide bonds. The van der Waals surface area contributed by atoms with Gasteiger partial charge in [-0.15, -0.1) is 0 Å². The third-order valence-electron chi connectivity index (χ3n) is 5.80. The number of aryl methyl sites for hydroxylation is 3. The second kappa shape index (κ2) is 11.4. The summed E-state index contributed by atoms with van der Waals surface area (Å²) in [6.45, 7) is 8.46. The average Bonchev–Trinajstić information content (AvgIpc) is 3.12. The van der Waals surface area contributed by atoms with E-state index in [1.54, 1.807) is 26.5 Å². The number of benzene rings is 2. The van der Waals surface area contributed by atoms with Gasteiger partial charge in [-0.1, -0.05) is 18.2 Å². The maximum absolute atomic E-state index is 12.1. The first-order valence-electron chi connectivity index (χ1n) is 11.3. The van der Waals surface area contributed by atoms with Gasteiger partial charge in [0.25, 0.3) is 0 Å². The van der Waals surface area contributed by atoms with Crippen molar-refractivity contribution < 1.29 is 19.1 Å². The fourth-order valence-electron chi connectivity index (χ4n) is 3.90. The minimum absolute atomic E-state index is 0.294. The van der Waals surface area contributed by atoms with Gasteiger partial charge >= 0.3 is 11.8 Å². The van der Waals surface area contributed by atoms with Crippen molar-refractivity contribution in [3.8, 4) is 17.2 Å². The molecule has 0 radical (unpaired) electrons.